The zero-order valence-corrected chi connectivity index (χ0v) is 8.53. The molecule has 3 nitrogen and oxygen atoms in total. The van der Waals surface area contributed by atoms with Gasteiger partial charge in [0.15, 0.2) is 0 Å². The van der Waals surface area contributed by atoms with Crippen LogP contribution in [-0.4, -0.2) is 26.2 Å². The maximum atomic E-state index is 11.2. The summed E-state index contributed by atoms with van der Waals surface area (Å²) in [6, 6.07) is 0. The van der Waals surface area contributed by atoms with Crippen molar-refractivity contribution in [2.24, 2.45) is 11.3 Å². The standard InChI is InChI=1S/C8H15NO2.ClH/c1-8(2)5-9-4-6(8)7(10)11-3;/h6,9H,4-5H2,1-3H3;1H. The number of hydrogen-bond donors (Lipinski definition) is 1. The number of nitrogens with one attached hydrogen (secondary N) is 1. The van der Waals surface area contributed by atoms with E-state index >= 15 is 0 Å². The molecule has 1 aliphatic rings. The summed E-state index contributed by atoms with van der Waals surface area (Å²) < 4.78 is 4.69. The van der Waals surface area contributed by atoms with Crippen molar-refractivity contribution in [3.63, 3.8) is 0 Å². The molecule has 1 atom stereocenters. The number of hydrogen-bond acceptors (Lipinski definition) is 3. The molecule has 72 valence electrons. The first-order valence-electron chi connectivity index (χ1n) is 3.86. The third-order valence-electron chi connectivity index (χ3n) is 2.36. The quantitative estimate of drug-likeness (QED) is 0.627. The van der Waals surface area contributed by atoms with Gasteiger partial charge in [0.05, 0.1) is 13.0 Å². The van der Waals surface area contributed by atoms with Gasteiger partial charge in [0.25, 0.3) is 0 Å². The number of carbonyl (C=O) groups excluding carboxylic acids is 1. The number of methoxy groups -OCH3 is 1. The highest BCUT2D eigenvalue weighted by Gasteiger charge is 2.39. The van der Waals surface area contributed by atoms with Gasteiger partial charge < -0.3 is 10.1 Å². The predicted molar refractivity (Wildman–Crippen MR) is 49.4 cm³/mol. The third kappa shape index (κ3) is 2.11. The second-order valence-corrected chi connectivity index (χ2v) is 3.70. The van der Waals surface area contributed by atoms with E-state index in [0.717, 1.165) is 13.1 Å². The summed E-state index contributed by atoms with van der Waals surface area (Å²) in [5.41, 5.74) is 0.0487. The Kier molecular flexibility index (Phi) is 4.00. The lowest BCUT2D eigenvalue weighted by Crippen LogP contribution is -2.30. The summed E-state index contributed by atoms with van der Waals surface area (Å²) in [5.74, 6) is -0.0764. The fourth-order valence-corrected chi connectivity index (χ4v) is 1.48. The van der Waals surface area contributed by atoms with Crippen LogP contribution in [0.1, 0.15) is 13.8 Å². The van der Waals surface area contributed by atoms with E-state index in [9.17, 15) is 4.79 Å². The van der Waals surface area contributed by atoms with Gasteiger partial charge in [-0.25, -0.2) is 0 Å². The van der Waals surface area contributed by atoms with Crippen LogP contribution >= 0.6 is 12.4 Å². The van der Waals surface area contributed by atoms with E-state index in [-0.39, 0.29) is 29.7 Å². The van der Waals surface area contributed by atoms with Crippen LogP contribution in [0, 0.1) is 11.3 Å². The Morgan fingerprint density at radius 2 is 2.17 bits per heavy atom. The lowest BCUT2D eigenvalue weighted by atomic mass is 9.82. The average Bonchev–Trinajstić information content (AvgIpc) is 2.28. The highest BCUT2D eigenvalue weighted by Crippen LogP contribution is 2.30. The van der Waals surface area contributed by atoms with Gasteiger partial charge in [-0.3, -0.25) is 4.79 Å². The van der Waals surface area contributed by atoms with Gasteiger partial charge in [-0.05, 0) is 5.41 Å². The largest absolute Gasteiger partial charge is 0.469 e. The second kappa shape index (κ2) is 4.10. The second-order valence-electron chi connectivity index (χ2n) is 3.70. The molecule has 1 heterocycles. The minimum absolute atomic E-state index is 0. The minimum atomic E-state index is -0.0972. The van der Waals surface area contributed by atoms with Gasteiger partial charge in [0, 0.05) is 13.1 Å². The molecule has 1 unspecified atom stereocenters. The summed E-state index contributed by atoms with van der Waals surface area (Å²) in [4.78, 5) is 11.2. The first-order valence-corrected chi connectivity index (χ1v) is 3.86. The fraction of sp³-hybridized carbons (Fsp3) is 0.875. The summed E-state index contributed by atoms with van der Waals surface area (Å²) in [6.45, 7) is 5.80. The van der Waals surface area contributed by atoms with Crippen molar-refractivity contribution in [1.29, 1.82) is 0 Å². The van der Waals surface area contributed by atoms with Crippen molar-refractivity contribution in [2.45, 2.75) is 13.8 Å². The molecule has 1 N–H and O–H groups in total. The monoisotopic (exact) mass is 193 g/mol. The maximum absolute atomic E-state index is 11.2. The van der Waals surface area contributed by atoms with Gasteiger partial charge in [0.1, 0.15) is 0 Å². The van der Waals surface area contributed by atoms with Crippen LogP contribution in [0.25, 0.3) is 0 Å². The SMILES string of the molecule is COC(=O)C1CNCC1(C)C.Cl. The number of ether oxygens (including phenoxy) is 1. The van der Waals surface area contributed by atoms with E-state index in [1.807, 2.05) is 0 Å². The van der Waals surface area contributed by atoms with Gasteiger partial charge in [0.2, 0.25) is 0 Å². The van der Waals surface area contributed by atoms with Gasteiger partial charge >= 0.3 is 5.97 Å². The zero-order chi connectivity index (χ0) is 8.48. The first kappa shape index (κ1) is 11.7. The van der Waals surface area contributed by atoms with E-state index in [4.69, 9.17) is 4.74 Å². The summed E-state index contributed by atoms with van der Waals surface area (Å²) >= 11 is 0. The van der Waals surface area contributed by atoms with Crippen LogP contribution in [0.3, 0.4) is 0 Å². The number of carbonyl (C=O) groups is 1. The molecule has 0 saturated carbocycles. The molecule has 12 heavy (non-hydrogen) atoms. The fourth-order valence-electron chi connectivity index (χ4n) is 1.48. The number of esters is 1. The minimum Gasteiger partial charge on any atom is -0.469 e. The van der Waals surface area contributed by atoms with E-state index < -0.39 is 0 Å². The normalized spacial score (nSPS) is 26.1. The molecule has 0 spiro atoms. The van der Waals surface area contributed by atoms with Crippen molar-refractivity contribution in [3.8, 4) is 0 Å². The molecule has 4 heteroatoms. The van der Waals surface area contributed by atoms with Crippen LogP contribution in [-0.2, 0) is 9.53 Å². The lowest BCUT2D eigenvalue weighted by molar-refractivity contribution is -0.147. The Labute approximate surface area is 79.3 Å². The molecule has 1 rings (SSSR count). The van der Waals surface area contributed by atoms with Crippen molar-refractivity contribution in [2.75, 3.05) is 20.2 Å². The van der Waals surface area contributed by atoms with E-state index in [1.54, 1.807) is 0 Å². The molecule has 0 aromatic heterocycles. The summed E-state index contributed by atoms with van der Waals surface area (Å²) in [7, 11) is 1.44. The highest BCUT2D eigenvalue weighted by atomic mass is 35.5. The lowest BCUT2D eigenvalue weighted by Gasteiger charge is -2.22. The Morgan fingerprint density at radius 3 is 2.50 bits per heavy atom. The molecule has 0 amide bonds. The molecular formula is C8H16ClNO2. The molecule has 0 bridgehead atoms. The van der Waals surface area contributed by atoms with Gasteiger partial charge in [-0.2, -0.15) is 0 Å². The Bertz CT molecular complexity index is 170. The number of halogens is 1. The molecule has 0 aliphatic carbocycles. The van der Waals surface area contributed by atoms with Crippen LogP contribution in [0.4, 0.5) is 0 Å². The molecule has 0 radical (unpaired) electrons. The molecular weight excluding hydrogens is 178 g/mol. The summed E-state index contributed by atoms with van der Waals surface area (Å²) in [5, 5.41) is 3.18. The third-order valence-corrected chi connectivity index (χ3v) is 2.36. The molecule has 0 aromatic carbocycles. The van der Waals surface area contributed by atoms with Crippen molar-refractivity contribution in [1.82, 2.24) is 5.32 Å². The molecule has 0 aromatic rings. The Hall–Kier alpha value is -0.280. The van der Waals surface area contributed by atoms with Crippen molar-refractivity contribution < 1.29 is 9.53 Å². The Balaban J connectivity index is 0.00000121. The summed E-state index contributed by atoms with van der Waals surface area (Å²) in [6.07, 6.45) is 0. The molecule has 1 saturated heterocycles. The smallest absolute Gasteiger partial charge is 0.310 e. The first-order chi connectivity index (χ1) is 5.08. The van der Waals surface area contributed by atoms with Crippen LogP contribution in [0.5, 0.6) is 0 Å². The van der Waals surface area contributed by atoms with E-state index in [1.165, 1.54) is 7.11 Å². The average molecular weight is 194 g/mol. The van der Waals surface area contributed by atoms with Crippen LogP contribution in [0.15, 0.2) is 0 Å². The zero-order valence-electron chi connectivity index (χ0n) is 7.72. The van der Waals surface area contributed by atoms with Gasteiger partial charge in [-0.1, -0.05) is 13.8 Å². The number of rotatable bonds is 1. The molecule has 1 fully saturated rings. The maximum Gasteiger partial charge on any atom is 0.310 e. The Morgan fingerprint density at radius 1 is 1.58 bits per heavy atom. The van der Waals surface area contributed by atoms with Crippen molar-refractivity contribution >= 4 is 18.4 Å². The highest BCUT2D eigenvalue weighted by molar-refractivity contribution is 5.85. The molecule has 1 aliphatic heterocycles. The van der Waals surface area contributed by atoms with E-state index in [2.05, 4.69) is 19.2 Å². The predicted octanol–water partition coefficient (Wildman–Crippen LogP) is 0.827. The van der Waals surface area contributed by atoms with Crippen LogP contribution < -0.4 is 5.32 Å². The topological polar surface area (TPSA) is 38.3 Å². The van der Waals surface area contributed by atoms with Crippen LogP contribution in [0.2, 0.25) is 0 Å². The van der Waals surface area contributed by atoms with E-state index in [0.29, 0.717) is 0 Å². The van der Waals surface area contributed by atoms with Crippen molar-refractivity contribution in [3.05, 3.63) is 0 Å². The van der Waals surface area contributed by atoms with Gasteiger partial charge in [-0.15, -0.1) is 12.4 Å².